The Hall–Kier alpha value is -0.130. The minimum Gasteiger partial charge on any atom is -0.224 e. The fourth-order valence-electron chi connectivity index (χ4n) is 0.480. The van der Waals surface area contributed by atoms with E-state index in [9.17, 15) is 8.42 Å². The summed E-state index contributed by atoms with van der Waals surface area (Å²) in [6, 6.07) is 0. The van der Waals surface area contributed by atoms with Crippen molar-refractivity contribution in [3.63, 3.8) is 0 Å². The second kappa shape index (κ2) is 2.00. The summed E-state index contributed by atoms with van der Waals surface area (Å²) in [5.74, 6) is 0.146. The molecule has 4 nitrogen and oxygen atoms in total. The van der Waals surface area contributed by atoms with E-state index < -0.39 is 10.0 Å². The molecular formula is C3H7N2O2S. The molecule has 1 rings (SSSR count). The molecule has 0 bridgehead atoms. The molecule has 1 heterocycles. The van der Waals surface area contributed by atoms with Crippen molar-refractivity contribution in [3.8, 4) is 0 Å². The van der Waals surface area contributed by atoms with E-state index in [1.165, 1.54) is 0 Å². The van der Waals surface area contributed by atoms with Gasteiger partial charge >= 0.3 is 0 Å². The zero-order chi connectivity index (χ0) is 6.04. The quantitative estimate of drug-likeness (QED) is 0.438. The van der Waals surface area contributed by atoms with Crippen molar-refractivity contribution in [2.75, 3.05) is 19.0 Å². The molecule has 5 heteroatoms. The predicted octanol–water partition coefficient (Wildman–Crippen LogP) is -1.52. The normalized spacial score (nSPS) is 27.5. The molecule has 0 unspecified atom stereocenters. The van der Waals surface area contributed by atoms with Crippen LogP contribution in [0, 0.1) is 0 Å². The van der Waals surface area contributed by atoms with E-state index in [4.69, 9.17) is 0 Å². The largest absolute Gasteiger partial charge is 0.224 e. The van der Waals surface area contributed by atoms with E-state index in [-0.39, 0.29) is 12.4 Å². The van der Waals surface area contributed by atoms with E-state index in [2.05, 4.69) is 10.0 Å². The molecule has 1 fully saturated rings. The lowest BCUT2D eigenvalue weighted by Gasteiger charge is -2.10. The zero-order valence-electron chi connectivity index (χ0n) is 4.29. The van der Waals surface area contributed by atoms with Crippen LogP contribution in [0.25, 0.3) is 0 Å². The monoisotopic (exact) mass is 135 g/mol. The van der Waals surface area contributed by atoms with Crippen LogP contribution in [0.15, 0.2) is 0 Å². The molecule has 0 aromatic rings. The summed E-state index contributed by atoms with van der Waals surface area (Å²) in [7, 11) is -2.93. The highest BCUT2D eigenvalue weighted by Gasteiger charge is 2.13. The first-order chi connectivity index (χ1) is 3.71. The molecule has 1 N–H and O–H groups in total. The summed E-state index contributed by atoms with van der Waals surface area (Å²) >= 11 is 0. The summed E-state index contributed by atoms with van der Waals surface area (Å²) in [5, 5.41) is 3.78. The lowest BCUT2D eigenvalue weighted by Crippen LogP contribution is -2.40. The fraction of sp³-hybridized carbons (Fsp3) is 1.00. The Morgan fingerprint density at radius 1 is 1.50 bits per heavy atom. The maximum Gasteiger partial charge on any atom is 0.214 e. The third-order valence-corrected chi connectivity index (χ3v) is 2.20. The molecule has 8 heavy (non-hydrogen) atoms. The van der Waals surface area contributed by atoms with Crippen molar-refractivity contribution in [2.45, 2.75) is 0 Å². The van der Waals surface area contributed by atoms with Crippen LogP contribution < -0.4 is 10.0 Å². The number of rotatable bonds is 0. The number of sulfonamides is 1. The van der Waals surface area contributed by atoms with Crippen LogP contribution in [0.2, 0.25) is 0 Å². The van der Waals surface area contributed by atoms with Gasteiger partial charge < -0.3 is 0 Å². The number of hydrogen-bond acceptors (Lipinski definition) is 2. The molecule has 0 aromatic heterocycles. The highest BCUT2D eigenvalue weighted by Crippen LogP contribution is 1.85. The minimum atomic E-state index is -2.93. The van der Waals surface area contributed by atoms with Gasteiger partial charge in [0.15, 0.2) is 0 Å². The first kappa shape index (κ1) is 6.00. The Balaban J connectivity index is 2.58. The van der Waals surface area contributed by atoms with Gasteiger partial charge in [-0.15, -0.1) is 0 Å². The van der Waals surface area contributed by atoms with Crippen molar-refractivity contribution in [2.24, 2.45) is 0 Å². The summed E-state index contributed by atoms with van der Waals surface area (Å²) in [5.41, 5.74) is 0. The maximum absolute atomic E-state index is 10.5. The topological polar surface area (TPSA) is 60.3 Å². The first-order valence-electron chi connectivity index (χ1n) is 2.31. The van der Waals surface area contributed by atoms with Crippen molar-refractivity contribution < 1.29 is 8.42 Å². The SMILES string of the molecule is O=S1(=O)CC[N]CN1. The first-order valence-corrected chi connectivity index (χ1v) is 3.96. The van der Waals surface area contributed by atoms with Gasteiger partial charge in [-0.2, -0.15) is 0 Å². The number of hydrogen-bond donors (Lipinski definition) is 1. The predicted molar refractivity (Wildman–Crippen MR) is 28.8 cm³/mol. The number of nitrogens with one attached hydrogen (secondary N) is 1. The van der Waals surface area contributed by atoms with E-state index >= 15 is 0 Å². The van der Waals surface area contributed by atoms with Gasteiger partial charge in [-0.1, -0.05) is 0 Å². The van der Waals surface area contributed by atoms with Gasteiger partial charge in [-0.3, -0.25) is 0 Å². The third-order valence-electron chi connectivity index (χ3n) is 0.914. The summed E-state index contributed by atoms with van der Waals surface area (Å²) in [6.07, 6.45) is 0. The minimum absolute atomic E-state index is 0.146. The second-order valence-electron chi connectivity index (χ2n) is 1.57. The van der Waals surface area contributed by atoms with Crippen molar-refractivity contribution in [3.05, 3.63) is 0 Å². The highest BCUT2D eigenvalue weighted by molar-refractivity contribution is 7.89. The van der Waals surface area contributed by atoms with Gasteiger partial charge in [0.1, 0.15) is 0 Å². The zero-order valence-corrected chi connectivity index (χ0v) is 5.11. The van der Waals surface area contributed by atoms with E-state index in [0.29, 0.717) is 6.54 Å². The van der Waals surface area contributed by atoms with E-state index in [1.807, 2.05) is 0 Å². The Morgan fingerprint density at radius 3 is 2.50 bits per heavy atom. The molecule has 0 aromatic carbocycles. The second-order valence-corrected chi connectivity index (χ2v) is 3.49. The molecule has 1 saturated heterocycles. The van der Waals surface area contributed by atoms with Crippen LogP contribution in [0.4, 0.5) is 0 Å². The van der Waals surface area contributed by atoms with Crippen LogP contribution in [0.1, 0.15) is 0 Å². The molecule has 0 amide bonds. The molecule has 1 aliphatic heterocycles. The molecule has 47 valence electrons. The Kier molecular flexibility index (Phi) is 1.50. The van der Waals surface area contributed by atoms with Crippen molar-refractivity contribution >= 4 is 10.0 Å². The van der Waals surface area contributed by atoms with Gasteiger partial charge in [0.05, 0.1) is 12.4 Å². The average molecular weight is 135 g/mol. The van der Waals surface area contributed by atoms with E-state index in [0.717, 1.165) is 0 Å². The van der Waals surface area contributed by atoms with Crippen LogP contribution >= 0.6 is 0 Å². The van der Waals surface area contributed by atoms with E-state index in [1.54, 1.807) is 0 Å². The van der Waals surface area contributed by atoms with Gasteiger partial charge in [-0.05, 0) is 0 Å². The van der Waals surface area contributed by atoms with Crippen molar-refractivity contribution in [1.29, 1.82) is 0 Å². The van der Waals surface area contributed by atoms with Gasteiger partial charge in [0.2, 0.25) is 10.0 Å². The van der Waals surface area contributed by atoms with Crippen LogP contribution in [0.3, 0.4) is 0 Å². The molecule has 0 atom stereocenters. The van der Waals surface area contributed by atoms with Crippen LogP contribution in [-0.2, 0) is 10.0 Å². The maximum atomic E-state index is 10.5. The Labute approximate surface area is 48.3 Å². The standard InChI is InChI=1S/C3H7N2O2S/c6-8(7)2-1-4-3-5-8/h5H,1-3H2. The Bertz CT molecular complexity index is 150. The van der Waals surface area contributed by atoms with Crippen LogP contribution in [0.5, 0.6) is 0 Å². The molecule has 1 aliphatic rings. The highest BCUT2D eigenvalue weighted by atomic mass is 32.2. The Morgan fingerprint density at radius 2 is 2.25 bits per heavy atom. The molecule has 1 radical (unpaired) electrons. The molecular weight excluding hydrogens is 128 g/mol. The molecule has 0 aliphatic carbocycles. The van der Waals surface area contributed by atoms with Crippen LogP contribution in [-0.4, -0.2) is 27.4 Å². The number of nitrogens with zero attached hydrogens (tertiary/aromatic N) is 1. The summed E-state index contributed by atoms with van der Waals surface area (Å²) < 4.78 is 23.2. The summed E-state index contributed by atoms with van der Waals surface area (Å²) in [6.45, 7) is 0.692. The lowest BCUT2D eigenvalue weighted by atomic mass is 10.7. The van der Waals surface area contributed by atoms with Crippen molar-refractivity contribution in [1.82, 2.24) is 10.0 Å². The van der Waals surface area contributed by atoms with Gasteiger partial charge in [-0.25, -0.2) is 18.5 Å². The third kappa shape index (κ3) is 1.43. The lowest BCUT2D eigenvalue weighted by molar-refractivity contribution is 0.548. The van der Waals surface area contributed by atoms with Gasteiger partial charge in [0, 0.05) is 6.54 Å². The molecule has 0 saturated carbocycles. The smallest absolute Gasteiger partial charge is 0.214 e. The van der Waals surface area contributed by atoms with Gasteiger partial charge in [0.25, 0.3) is 0 Å². The summed E-state index contributed by atoms with van der Waals surface area (Å²) in [4.78, 5) is 0. The average Bonchev–Trinajstić information content (AvgIpc) is 1.65. The molecule has 0 spiro atoms. The fourth-order valence-corrected chi connectivity index (χ4v) is 1.28.